The second-order valence-corrected chi connectivity index (χ2v) is 28.1. The first-order valence-electron chi connectivity index (χ1n) is 28.8. The molecule has 0 bridgehead atoms. The third-order valence-electron chi connectivity index (χ3n) is 15.7. The average molecular weight is 1140 g/mol. The molecule has 0 fully saturated rings. The molecular formula is C74H80O7P2. The number of aryl methyl sites for hydroxylation is 4. The van der Waals surface area contributed by atoms with Gasteiger partial charge in [-0.15, -0.1) is 0 Å². The summed E-state index contributed by atoms with van der Waals surface area (Å²) in [5.74, 6) is 4.60. The van der Waals surface area contributed by atoms with Crippen LogP contribution in [0.5, 0.6) is 40.2 Å². The molecule has 0 aromatic heterocycles. The summed E-state index contributed by atoms with van der Waals surface area (Å²) in [7, 11) is -4.55. The van der Waals surface area contributed by atoms with Crippen molar-refractivity contribution in [1.82, 2.24) is 0 Å². The zero-order valence-corrected chi connectivity index (χ0v) is 53.6. The zero-order chi connectivity index (χ0) is 59.5. The van der Waals surface area contributed by atoms with E-state index < -0.39 is 33.6 Å². The van der Waals surface area contributed by atoms with Crippen molar-refractivity contribution in [2.24, 2.45) is 0 Å². The van der Waals surface area contributed by atoms with Gasteiger partial charge in [0.15, 0.2) is 0 Å². The van der Waals surface area contributed by atoms with Crippen LogP contribution in [-0.4, -0.2) is 5.60 Å². The minimum absolute atomic E-state index is 0.319. The quantitative estimate of drug-likeness (QED) is 0.101. The van der Waals surface area contributed by atoms with E-state index >= 15 is 0 Å². The van der Waals surface area contributed by atoms with Crippen LogP contribution in [0.3, 0.4) is 0 Å². The van der Waals surface area contributed by atoms with Gasteiger partial charge in [0.1, 0.15) is 45.8 Å². The fraction of sp³-hybridized carbons (Fsp3) is 0.297. The van der Waals surface area contributed by atoms with Gasteiger partial charge in [-0.3, -0.25) is 0 Å². The smallest absolute Gasteiger partial charge is 0.488 e. The number of benzene rings is 10. The van der Waals surface area contributed by atoms with Gasteiger partial charge in [0.05, 0.1) is 0 Å². The van der Waals surface area contributed by atoms with E-state index in [9.17, 15) is 0 Å². The lowest BCUT2D eigenvalue weighted by Crippen LogP contribution is -2.25. The van der Waals surface area contributed by atoms with Crippen molar-refractivity contribution < 1.29 is 31.9 Å². The van der Waals surface area contributed by atoms with Gasteiger partial charge in [-0.25, -0.2) is 0 Å². The SMILES string of the molecule is Cc1c(OC(C)(C)C)cc(C(C)(C)C)c(OP(Oc2ccc3ccccc3c2C)Oc2ccc3ccccc3c2C)c1-c1c(C)c(C(C)(C)C)cc(C(C)(C)C)c1OP(Oc1ccc2ccccc2c1C)Oc1ccc2ccccc2c1C. The first-order chi connectivity index (χ1) is 39.2. The molecular weight excluding hydrogens is 1060 g/mol. The molecule has 0 unspecified atom stereocenters. The standard InChI is InChI=1S/C74H80O7P2/c1-45-55-31-23-19-27-51(55)35-39-62(45)76-82(77-63-40-36-52-28-20-24-32-56(52)46(63)2)80-69-60(72(10,11)12)43-59(71(7,8)9)49(5)67(69)68-50(6)66(75-74(16,17)18)44-61(73(13,14)15)70(68)81-83(78-64-41-37-53-29-21-25-33-57(53)47(64)3)79-65-42-38-54-30-22-26-34-58(54)48(65)4/h19-44H,1-18H3. The Hall–Kier alpha value is -7.30. The minimum atomic E-state index is -2.28. The molecule has 0 atom stereocenters. The van der Waals surface area contributed by atoms with E-state index in [4.69, 9.17) is 31.9 Å². The van der Waals surface area contributed by atoms with Crippen LogP contribution in [0.4, 0.5) is 0 Å². The highest BCUT2D eigenvalue weighted by Gasteiger charge is 2.39. The maximum absolute atomic E-state index is 7.80. The Morgan fingerprint density at radius 3 is 0.867 bits per heavy atom. The van der Waals surface area contributed by atoms with E-state index in [0.717, 1.165) is 110 Å². The molecule has 0 aliphatic rings. The highest BCUT2D eigenvalue weighted by atomic mass is 31.2. The predicted molar refractivity (Wildman–Crippen MR) is 350 cm³/mol. The molecule has 0 aliphatic carbocycles. The van der Waals surface area contributed by atoms with Gasteiger partial charge in [0, 0.05) is 27.8 Å². The molecule has 10 aromatic carbocycles. The predicted octanol–water partition coefficient (Wildman–Crippen LogP) is 22.4. The average Bonchev–Trinajstić information content (AvgIpc) is 2.47. The molecule has 0 amide bonds. The third-order valence-corrected chi connectivity index (χ3v) is 17.8. The molecule has 0 spiro atoms. The summed E-state index contributed by atoms with van der Waals surface area (Å²) in [5.41, 5.74) is 8.61. The summed E-state index contributed by atoms with van der Waals surface area (Å²) in [5, 5.41) is 8.82. The van der Waals surface area contributed by atoms with E-state index in [1.807, 2.05) is 24.3 Å². The number of ether oxygens (including phenoxy) is 1. The van der Waals surface area contributed by atoms with Crippen molar-refractivity contribution in [2.45, 2.75) is 146 Å². The van der Waals surface area contributed by atoms with Crippen LogP contribution in [0.1, 0.15) is 133 Å². The van der Waals surface area contributed by atoms with Crippen molar-refractivity contribution in [3.05, 3.63) is 208 Å². The lowest BCUT2D eigenvalue weighted by Gasteiger charge is -2.35. The second-order valence-electron chi connectivity index (χ2n) is 26.2. The number of hydrogen-bond donors (Lipinski definition) is 0. The highest BCUT2D eigenvalue weighted by molar-refractivity contribution is 7.43. The van der Waals surface area contributed by atoms with E-state index in [2.05, 4.69) is 258 Å². The van der Waals surface area contributed by atoms with Crippen LogP contribution in [-0.2, 0) is 16.2 Å². The van der Waals surface area contributed by atoms with Crippen LogP contribution in [0.2, 0.25) is 0 Å². The molecule has 10 aromatic rings. The van der Waals surface area contributed by atoms with Gasteiger partial charge < -0.3 is 31.9 Å². The van der Waals surface area contributed by atoms with Crippen LogP contribution in [0, 0.1) is 41.5 Å². The Morgan fingerprint density at radius 1 is 0.277 bits per heavy atom. The number of fused-ring (bicyclic) bond motifs is 4. The Kier molecular flexibility index (Phi) is 16.1. The summed E-state index contributed by atoms with van der Waals surface area (Å²) in [6, 6.07) is 54.5. The minimum Gasteiger partial charge on any atom is -0.488 e. The first kappa shape index (κ1) is 58.9. The van der Waals surface area contributed by atoms with Gasteiger partial charge in [0.25, 0.3) is 0 Å². The second kappa shape index (κ2) is 22.7. The van der Waals surface area contributed by atoms with Gasteiger partial charge in [-0.05, 0) is 185 Å². The summed E-state index contributed by atoms with van der Waals surface area (Å²) in [6.45, 7) is 39.2. The maximum Gasteiger partial charge on any atom is 0.530 e. The van der Waals surface area contributed by atoms with E-state index in [0.29, 0.717) is 34.5 Å². The van der Waals surface area contributed by atoms with E-state index in [-0.39, 0.29) is 5.41 Å². The molecule has 9 heteroatoms. The third kappa shape index (κ3) is 12.2. The Bertz CT molecular complexity index is 3920. The van der Waals surface area contributed by atoms with Crippen molar-refractivity contribution in [1.29, 1.82) is 0 Å². The summed E-state index contributed by atoms with van der Waals surface area (Å²) in [6.07, 6.45) is 0. The summed E-state index contributed by atoms with van der Waals surface area (Å²) in [4.78, 5) is 0. The van der Waals surface area contributed by atoms with Crippen molar-refractivity contribution in [3.8, 4) is 51.4 Å². The van der Waals surface area contributed by atoms with Crippen molar-refractivity contribution in [2.75, 3.05) is 0 Å². The molecule has 428 valence electrons. The normalized spacial score (nSPS) is 12.4. The zero-order valence-electron chi connectivity index (χ0n) is 51.8. The van der Waals surface area contributed by atoms with Crippen molar-refractivity contribution >= 4 is 60.3 Å². The van der Waals surface area contributed by atoms with Crippen LogP contribution in [0.25, 0.3) is 54.2 Å². The fourth-order valence-electron chi connectivity index (χ4n) is 11.2. The lowest BCUT2D eigenvalue weighted by atomic mass is 9.74. The molecule has 0 heterocycles. The number of hydrogen-bond acceptors (Lipinski definition) is 7. The summed E-state index contributed by atoms with van der Waals surface area (Å²) < 4.78 is 51.7. The topological polar surface area (TPSA) is 64.6 Å². The molecule has 0 saturated carbocycles. The fourth-order valence-corrected chi connectivity index (χ4v) is 13.6. The highest BCUT2D eigenvalue weighted by Crippen LogP contribution is 2.59. The van der Waals surface area contributed by atoms with Crippen LogP contribution >= 0.6 is 17.2 Å². The maximum atomic E-state index is 7.80. The van der Waals surface area contributed by atoms with E-state index in [1.54, 1.807) is 0 Å². The molecule has 0 N–H and O–H groups in total. The molecule has 83 heavy (non-hydrogen) atoms. The monoisotopic (exact) mass is 1140 g/mol. The Labute approximate surface area is 495 Å². The van der Waals surface area contributed by atoms with Gasteiger partial charge in [-0.1, -0.05) is 190 Å². The Balaban J connectivity index is 1.27. The van der Waals surface area contributed by atoms with Crippen LogP contribution < -0.4 is 31.9 Å². The lowest BCUT2D eigenvalue weighted by molar-refractivity contribution is 0.129. The van der Waals surface area contributed by atoms with Gasteiger partial charge in [0.2, 0.25) is 0 Å². The largest absolute Gasteiger partial charge is 0.530 e. The van der Waals surface area contributed by atoms with Gasteiger partial charge in [-0.2, -0.15) is 0 Å². The molecule has 0 saturated heterocycles. The summed E-state index contributed by atoms with van der Waals surface area (Å²) >= 11 is 0. The Morgan fingerprint density at radius 2 is 0.566 bits per heavy atom. The molecule has 10 rings (SSSR count). The van der Waals surface area contributed by atoms with Crippen molar-refractivity contribution in [3.63, 3.8) is 0 Å². The molecule has 0 radical (unpaired) electrons. The van der Waals surface area contributed by atoms with Crippen LogP contribution in [0.15, 0.2) is 158 Å². The first-order valence-corrected chi connectivity index (χ1v) is 31.0. The molecule has 0 aliphatic heterocycles. The van der Waals surface area contributed by atoms with Gasteiger partial charge >= 0.3 is 17.2 Å². The molecule has 7 nitrogen and oxygen atoms in total. The van der Waals surface area contributed by atoms with E-state index in [1.165, 1.54) is 0 Å². The number of rotatable bonds is 14.